The van der Waals surface area contributed by atoms with E-state index in [1.165, 1.54) is 5.56 Å². The highest BCUT2D eigenvalue weighted by atomic mass is 16.2. The molecule has 0 saturated carbocycles. The first kappa shape index (κ1) is 16.6. The molecule has 1 N–H and O–H groups in total. The van der Waals surface area contributed by atoms with E-state index in [9.17, 15) is 4.79 Å². The summed E-state index contributed by atoms with van der Waals surface area (Å²) in [6, 6.07) is 10.3. The first-order valence-electron chi connectivity index (χ1n) is 8.70. The zero-order valence-electron chi connectivity index (χ0n) is 14.2. The van der Waals surface area contributed by atoms with Gasteiger partial charge in [0.05, 0.1) is 6.04 Å². The van der Waals surface area contributed by atoms with Crippen LogP contribution in [-0.4, -0.2) is 44.7 Å². The van der Waals surface area contributed by atoms with Gasteiger partial charge in [-0.25, -0.2) is 0 Å². The third-order valence-electron chi connectivity index (χ3n) is 4.58. The first-order chi connectivity index (χ1) is 11.8. The van der Waals surface area contributed by atoms with Gasteiger partial charge in [0.25, 0.3) is 0 Å². The fourth-order valence-corrected chi connectivity index (χ4v) is 3.28. The van der Waals surface area contributed by atoms with Gasteiger partial charge in [-0.3, -0.25) is 9.69 Å². The summed E-state index contributed by atoms with van der Waals surface area (Å²) in [6.07, 6.45) is 4.46. The Morgan fingerprint density at radius 1 is 1.33 bits per heavy atom. The van der Waals surface area contributed by atoms with Gasteiger partial charge in [0.15, 0.2) is 0 Å². The lowest BCUT2D eigenvalue weighted by Gasteiger charge is -2.23. The number of rotatable bonds is 7. The molecule has 1 amide bonds. The van der Waals surface area contributed by atoms with Crippen LogP contribution in [0.3, 0.4) is 0 Å². The molecular weight excluding hydrogens is 302 g/mol. The van der Waals surface area contributed by atoms with E-state index in [4.69, 9.17) is 0 Å². The molecule has 0 unspecified atom stereocenters. The van der Waals surface area contributed by atoms with Crippen molar-refractivity contribution in [1.29, 1.82) is 0 Å². The van der Waals surface area contributed by atoms with E-state index in [2.05, 4.69) is 39.5 Å². The van der Waals surface area contributed by atoms with E-state index in [0.717, 1.165) is 38.3 Å². The van der Waals surface area contributed by atoms with Gasteiger partial charge in [0, 0.05) is 26.1 Å². The summed E-state index contributed by atoms with van der Waals surface area (Å²) in [7, 11) is 0. The Morgan fingerprint density at radius 2 is 2.17 bits per heavy atom. The maximum atomic E-state index is 12.5. The molecule has 0 aliphatic carbocycles. The van der Waals surface area contributed by atoms with Crippen LogP contribution >= 0.6 is 0 Å². The molecule has 24 heavy (non-hydrogen) atoms. The minimum absolute atomic E-state index is 0.0192. The molecule has 1 fully saturated rings. The molecule has 1 saturated heterocycles. The van der Waals surface area contributed by atoms with Crippen LogP contribution in [0.15, 0.2) is 36.7 Å². The Morgan fingerprint density at radius 3 is 2.96 bits per heavy atom. The van der Waals surface area contributed by atoms with Gasteiger partial charge in [-0.15, -0.1) is 10.2 Å². The number of benzene rings is 1. The van der Waals surface area contributed by atoms with Crippen LogP contribution in [-0.2, 0) is 24.3 Å². The number of likely N-dealkylation sites (tertiary alicyclic amines) is 1. The Labute approximate surface area is 142 Å². The van der Waals surface area contributed by atoms with Gasteiger partial charge in [-0.2, -0.15) is 0 Å². The topological polar surface area (TPSA) is 63.1 Å². The van der Waals surface area contributed by atoms with Gasteiger partial charge >= 0.3 is 0 Å². The second kappa shape index (κ2) is 8.06. The summed E-state index contributed by atoms with van der Waals surface area (Å²) in [5.74, 6) is 1.05. The summed E-state index contributed by atoms with van der Waals surface area (Å²) in [6.45, 7) is 5.34. The molecule has 1 aromatic carbocycles. The number of nitrogens with zero attached hydrogens (tertiary/aromatic N) is 4. The molecule has 0 bridgehead atoms. The van der Waals surface area contributed by atoms with Crippen molar-refractivity contribution in [2.75, 3.05) is 13.1 Å². The number of aryl methyl sites for hydroxylation is 1. The summed E-state index contributed by atoms with van der Waals surface area (Å²) < 4.78 is 2.00. The van der Waals surface area contributed by atoms with Crippen molar-refractivity contribution in [1.82, 2.24) is 25.0 Å². The monoisotopic (exact) mass is 327 g/mol. The molecule has 1 atom stereocenters. The minimum Gasteiger partial charge on any atom is -0.354 e. The zero-order valence-corrected chi connectivity index (χ0v) is 14.2. The molecule has 1 aliphatic heterocycles. The predicted octanol–water partition coefficient (Wildman–Crippen LogP) is 1.62. The Bertz CT molecular complexity index is 654. The van der Waals surface area contributed by atoms with E-state index in [1.54, 1.807) is 6.33 Å². The van der Waals surface area contributed by atoms with Crippen molar-refractivity contribution < 1.29 is 4.79 Å². The lowest BCUT2D eigenvalue weighted by Crippen LogP contribution is -2.43. The maximum absolute atomic E-state index is 12.5. The number of aromatic nitrogens is 3. The van der Waals surface area contributed by atoms with Crippen LogP contribution in [0.2, 0.25) is 0 Å². The number of carbonyl (C=O) groups is 1. The molecular formula is C18H25N5O. The lowest BCUT2D eigenvalue weighted by molar-refractivity contribution is -0.125. The number of hydrogen-bond donors (Lipinski definition) is 1. The van der Waals surface area contributed by atoms with Gasteiger partial charge in [-0.05, 0) is 31.9 Å². The quantitative estimate of drug-likeness (QED) is 0.839. The van der Waals surface area contributed by atoms with Gasteiger partial charge < -0.3 is 9.88 Å². The van der Waals surface area contributed by atoms with Crippen LogP contribution in [0.5, 0.6) is 0 Å². The molecule has 0 radical (unpaired) electrons. The van der Waals surface area contributed by atoms with Crippen molar-refractivity contribution >= 4 is 5.91 Å². The minimum atomic E-state index is -0.0192. The highest BCUT2D eigenvalue weighted by molar-refractivity contribution is 5.82. The highest BCUT2D eigenvalue weighted by Gasteiger charge is 2.30. The average molecular weight is 327 g/mol. The standard InChI is InChI=1S/C18H25N5O/c1-2-22-14-20-21-17(22)10-11-19-18(24)16-9-6-12-23(16)13-15-7-4-3-5-8-15/h3-5,7-8,14,16H,2,6,9-13H2,1H3,(H,19,24)/t16-/m0/s1. The van der Waals surface area contributed by atoms with Crippen LogP contribution in [0, 0.1) is 0 Å². The summed E-state index contributed by atoms with van der Waals surface area (Å²) >= 11 is 0. The fourth-order valence-electron chi connectivity index (χ4n) is 3.28. The summed E-state index contributed by atoms with van der Waals surface area (Å²) in [5, 5.41) is 11.1. The number of carbonyl (C=O) groups excluding carboxylic acids is 1. The normalized spacial score (nSPS) is 18.0. The number of nitrogens with one attached hydrogen (secondary N) is 1. The largest absolute Gasteiger partial charge is 0.354 e. The second-order valence-electron chi connectivity index (χ2n) is 6.19. The molecule has 6 nitrogen and oxygen atoms in total. The van der Waals surface area contributed by atoms with Crippen molar-refractivity contribution in [3.63, 3.8) is 0 Å². The Kier molecular flexibility index (Phi) is 5.59. The third-order valence-corrected chi connectivity index (χ3v) is 4.58. The number of amides is 1. The van der Waals surface area contributed by atoms with Crippen LogP contribution in [0.25, 0.3) is 0 Å². The van der Waals surface area contributed by atoms with Crippen LogP contribution in [0.4, 0.5) is 0 Å². The molecule has 0 spiro atoms. The Hall–Kier alpha value is -2.21. The second-order valence-corrected chi connectivity index (χ2v) is 6.19. The van der Waals surface area contributed by atoms with Gasteiger partial charge in [0.1, 0.15) is 12.2 Å². The van der Waals surface area contributed by atoms with Crippen LogP contribution in [0.1, 0.15) is 31.2 Å². The van der Waals surface area contributed by atoms with E-state index < -0.39 is 0 Å². The third kappa shape index (κ3) is 4.00. The molecule has 2 aromatic rings. The predicted molar refractivity (Wildman–Crippen MR) is 92.3 cm³/mol. The molecule has 128 valence electrons. The molecule has 1 aromatic heterocycles. The molecule has 1 aliphatic rings. The van der Waals surface area contributed by atoms with Crippen molar-refractivity contribution in [2.24, 2.45) is 0 Å². The summed E-state index contributed by atoms with van der Waals surface area (Å²) in [4.78, 5) is 14.8. The van der Waals surface area contributed by atoms with Crippen LogP contribution < -0.4 is 5.32 Å². The molecule has 3 rings (SSSR count). The highest BCUT2D eigenvalue weighted by Crippen LogP contribution is 2.20. The fraction of sp³-hybridized carbons (Fsp3) is 0.500. The van der Waals surface area contributed by atoms with E-state index >= 15 is 0 Å². The van der Waals surface area contributed by atoms with E-state index in [0.29, 0.717) is 13.0 Å². The summed E-state index contributed by atoms with van der Waals surface area (Å²) in [5.41, 5.74) is 1.26. The molecule has 6 heteroatoms. The Balaban J connectivity index is 1.50. The number of hydrogen-bond acceptors (Lipinski definition) is 4. The first-order valence-corrected chi connectivity index (χ1v) is 8.70. The smallest absolute Gasteiger partial charge is 0.237 e. The van der Waals surface area contributed by atoms with Crippen molar-refractivity contribution in [2.45, 2.75) is 45.3 Å². The van der Waals surface area contributed by atoms with Gasteiger partial charge in [0.2, 0.25) is 5.91 Å². The van der Waals surface area contributed by atoms with Gasteiger partial charge in [-0.1, -0.05) is 30.3 Å². The maximum Gasteiger partial charge on any atom is 0.237 e. The lowest BCUT2D eigenvalue weighted by atomic mass is 10.1. The van der Waals surface area contributed by atoms with E-state index in [-0.39, 0.29) is 11.9 Å². The average Bonchev–Trinajstić information content (AvgIpc) is 3.24. The van der Waals surface area contributed by atoms with E-state index in [1.807, 2.05) is 22.8 Å². The molecule has 2 heterocycles. The zero-order chi connectivity index (χ0) is 16.8. The van der Waals surface area contributed by atoms with Crippen molar-refractivity contribution in [3.05, 3.63) is 48.0 Å². The SMILES string of the molecule is CCn1cnnc1CCNC(=O)[C@@H]1CCCN1Cc1ccccc1. The van der Waals surface area contributed by atoms with Crippen molar-refractivity contribution in [3.8, 4) is 0 Å².